The summed E-state index contributed by atoms with van der Waals surface area (Å²) in [7, 11) is 0. The number of hydrogen-bond acceptors (Lipinski definition) is 5. The summed E-state index contributed by atoms with van der Waals surface area (Å²) in [6.45, 7) is 2.86. The molecule has 0 bridgehead atoms. The highest BCUT2D eigenvalue weighted by atomic mass is 32.1. The molecule has 0 heterocycles. The molecular formula is C12H16N4O3S. The first-order chi connectivity index (χ1) is 9.58. The Morgan fingerprint density at radius 1 is 1.45 bits per heavy atom. The van der Waals surface area contributed by atoms with Crippen molar-refractivity contribution in [3.8, 4) is 0 Å². The van der Waals surface area contributed by atoms with Gasteiger partial charge in [-0.2, -0.15) is 0 Å². The second-order valence-electron chi connectivity index (χ2n) is 4.14. The molecule has 8 heteroatoms. The molecule has 0 radical (unpaired) electrons. The fourth-order valence-corrected chi connectivity index (χ4v) is 1.80. The second-order valence-corrected chi connectivity index (χ2v) is 4.55. The number of nitro groups is 1. The van der Waals surface area contributed by atoms with E-state index in [1.54, 1.807) is 0 Å². The average Bonchev–Trinajstić information content (AvgIpc) is 2.43. The van der Waals surface area contributed by atoms with E-state index < -0.39 is 4.92 Å². The van der Waals surface area contributed by atoms with E-state index in [1.807, 2.05) is 0 Å². The quantitative estimate of drug-likeness (QED) is 0.263. The van der Waals surface area contributed by atoms with E-state index in [0.717, 1.165) is 25.8 Å². The first-order valence-corrected chi connectivity index (χ1v) is 6.66. The number of hydrogen-bond donors (Lipinski definition) is 2. The summed E-state index contributed by atoms with van der Waals surface area (Å²) in [5, 5.41) is 19.6. The molecule has 0 amide bonds. The van der Waals surface area contributed by atoms with Crippen molar-refractivity contribution in [2.75, 3.05) is 11.9 Å². The Kier molecular flexibility index (Phi) is 6.51. The number of nitro benzene ring substituents is 1. The Bertz CT molecular complexity index is 507. The highest BCUT2D eigenvalue weighted by molar-refractivity contribution is 7.80. The van der Waals surface area contributed by atoms with Crippen LogP contribution < -0.4 is 10.6 Å². The van der Waals surface area contributed by atoms with Crippen LogP contribution in [0.2, 0.25) is 0 Å². The van der Waals surface area contributed by atoms with Gasteiger partial charge in [0.25, 0.3) is 0 Å². The smallest absolute Gasteiger partial charge is 0.300 e. The zero-order chi connectivity index (χ0) is 15.0. The molecule has 0 saturated heterocycles. The molecule has 0 spiro atoms. The van der Waals surface area contributed by atoms with Gasteiger partial charge < -0.3 is 10.6 Å². The molecule has 2 N–H and O–H groups in total. The van der Waals surface area contributed by atoms with Crippen molar-refractivity contribution in [1.29, 1.82) is 0 Å². The standard InChI is InChI=1S/C12H16N4O3S/c1-2-3-4-7-13-12(20)14-9-5-6-10(15-17)11(8-9)16(18)19/h5-6,8H,2-4,7H2,1H3,(H2,13,14,20). The fraction of sp³-hybridized carbons (Fsp3) is 0.417. The van der Waals surface area contributed by atoms with Crippen LogP contribution in [0, 0.1) is 15.0 Å². The van der Waals surface area contributed by atoms with Crippen LogP contribution in [0.25, 0.3) is 0 Å². The van der Waals surface area contributed by atoms with Crippen molar-refractivity contribution >= 4 is 34.4 Å². The summed E-state index contributed by atoms with van der Waals surface area (Å²) in [5.74, 6) is 0. The van der Waals surface area contributed by atoms with Crippen LogP contribution in [0.5, 0.6) is 0 Å². The molecule has 0 fully saturated rings. The summed E-state index contributed by atoms with van der Waals surface area (Å²) in [6, 6.07) is 4.04. The maximum atomic E-state index is 10.8. The number of benzene rings is 1. The van der Waals surface area contributed by atoms with Gasteiger partial charge in [-0.1, -0.05) is 19.8 Å². The van der Waals surface area contributed by atoms with E-state index >= 15 is 0 Å². The van der Waals surface area contributed by atoms with Gasteiger partial charge >= 0.3 is 5.69 Å². The molecule has 0 unspecified atom stereocenters. The zero-order valence-electron chi connectivity index (χ0n) is 11.1. The van der Waals surface area contributed by atoms with Crippen LogP contribution in [0.4, 0.5) is 17.1 Å². The van der Waals surface area contributed by atoms with Crippen molar-refractivity contribution in [3.05, 3.63) is 33.2 Å². The van der Waals surface area contributed by atoms with Gasteiger partial charge in [0.15, 0.2) is 10.8 Å². The van der Waals surface area contributed by atoms with E-state index in [-0.39, 0.29) is 11.4 Å². The summed E-state index contributed by atoms with van der Waals surface area (Å²) in [6.07, 6.45) is 3.24. The Hall–Kier alpha value is -2.09. The normalized spacial score (nSPS) is 9.85. The topological polar surface area (TPSA) is 96.6 Å². The molecule has 0 aliphatic heterocycles. The third-order valence-electron chi connectivity index (χ3n) is 2.59. The van der Waals surface area contributed by atoms with Crippen LogP contribution in [0.1, 0.15) is 26.2 Å². The lowest BCUT2D eigenvalue weighted by atomic mass is 10.2. The minimum Gasteiger partial charge on any atom is -0.362 e. The van der Waals surface area contributed by atoms with Crippen LogP contribution in [-0.4, -0.2) is 16.6 Å². The van der Waals surface area contributed by atoms with Gasteiger partial charge in [-0.25, -0.2) is 0 Å². The first-order valence-electron chi connectivity index (χ1n) is 6.25. The predicted molar refractivity (Wildman–Crippen MR) is 82.3 cm³/mol. The van der Waals surface area contributed by atoms with Gasteiger partial charge in [0.2, 0.25) is 0 Å². The number of nitroso groups, excluding NO2 is 1. The molecule has 20 heavy (non-hydrogen) atoms. The lowest BCUT2D eigenvalue weighted by molar-refractivity contribution is -0.384. The molecule has 0 aromatic heterocycles. The Labute approximate surface area is 121 Å². The highest BCUT2D eigenvalue weighted by Gasteiger charge is 2.15. The first kappa shape index (κ1) is 16.0. The second kappa shape index (κ2) is 8.16. The third-order valence-corrected chi connectivity index (χ3v) is 2.84. The van der Waals surface area contributed by atoms with Gasteiger partial charge in [0.1, 0.15) is 0 Å². The van der Waals surface area contributed by atoms with Gasteiger partial charge in [-0.3, -0.25) is 10.1 Å². The van der Waals surface area contributed by atoms with Gasteiger partial charge in [-0.05, 0) is 35.9 Å². The van der Waals surface area contributed by atoms with Crippen LogP contribution in [0.3, 0.4) is 0 Å². The van der Waals surface area contributed by atoms with E-state index in [0.29, 0.717) is 10.8 Å². The molecule has 7 nitrogen and oxygen atoms in total. The van der Waals surface area contributed by atoms with Gasteiger partial charge in [0, 0.05) is 18.3 Å². The SMILES string of the molecule is CCCCCNC(=S)Nc1ccc(N=O)c([N+](=O)[O-])c1. The summed E-state index contributed by atoms with van der Waals surface area (Å²) in [5.41, 5.74) is -0.113. The zero-order valence-corrected chi connectivity index (χ0v) is 11.9. The maximum Gasteiger partial charge on any atom is 0.300 e. The number of anilines is 1. The Morgan fingerprint density at radius 3 is 2.80 bits per heavy atom. The molecule has 0 saturated carbocycles. The van der Waals surface area contributed by atoms with Gasteiger partial charge in [0.05, 0.1) is 4.92 Å². The number of thiocarbonyl (C=S) groups is 1. The molecule has 0 atom stereocenters. The van der Waals surface area contributed by atoms with E-state index in [4.69, 9.17) is 12.2 Å². The highest BCUT2D eigenvalue weighted by Crippen LogP contribution is 2.29. The minimum atomic E-state index is -0.653. The lowest BCUT2D eigenvalue weighted by Crippen LogP contribution is -2.29. The predicted octanol–water partition coefficient (Wildman–Crippen LogP) is 3.47. The van der Waals surface area contributed by atoms with Crippen molar-refractivity contribution in [3.63, 3.8) is 0 Å². The van der Waals surface area contributed by atoms with Crippen molar-refractivity contribution in [2.24, 2.45) is 5.18 Å². The van der Waals surface area contributed by atoms with Crippen molar-refractivity contribution < 1.29 is 4.92 Å². The van der Waals surface area contributed by atoms with E-state index in [2.05, 4.69) is 22.7 Å². The van der Waals surface area contributed by atoms with Gasteiger partial charge in [-0.15, -0.1) is 4.91 Å². The number of nitrogens with one attached hydrogen (secondary N) is 2. The van der Waals surface area contributed by atoms with Crippen LogP contribution >= 0.6 is 12.2 Å². The molecule has 1 aromatic carbocycles. The Morgan fingerprint density at radius 2 is 2.20 bits per heavy atom. The van der Waals surface area contributed by atoms with Crippen LogP contribution in [0.15, 0.2) is 23.4 Å². The minimum absolute atomic E-state index is 0.206. The summed E-state index contributed by atoms with van der Waals surface area (Å²) < 4.78 is 0. The Balaban J connectivity index is 2.64. The monoisotopic (exact) mass is 296 g/mol. The number of nitrogens with zero attached hydrogens (tertiary/aromatic N) is 2. The molecule has 0 aliphatic rings. The van der Waals surface area contributed by atoms with E-state index in [1.165, 1.54) is 18.2 Å². The maximum absolute atomic E-state index is 10.8. The fourth-order valence-electron chi connectivity index (χ4n) is 1.58. The largest absolute Gasteiger partial charge is 0.362 e. The molecule has 1 rings (SSSR count). The summed E-state index contributed by atoms with van der Waals surface area (Å²) >= 11 is 5.08. The van der Waals surface area contributed by atoms with Crippen molar-refractivity contribution in [1.82, 2.24) is 5.32 Å². The number of rotatable bonds is 7. The summed E-state index contributed by atoms with van der Waals surface area (Å²) in [4.78, 5) is 20.6. The van der Waals surface area contributed by atoms with E-state index in [9.17, 15) is 15.0 Å². The van der Waals surface area contributed by atoms with Crippen LogP contribution in [-0.2, 0) is 0 Å². The molecule has 108 valence electrons. The number of unbranched alkanes of at least 4 members (excludes halogenated alkanes) is 2. The average molecular weight is 296 g/mol. The molecule has 1 aromatic rings. The molecule has 0 aliphatic carbocycles. The third kappa shape index (κ3) is 4.88. The van der Waals surface area contributed by atoms with Crippen molar-refractivity contribution in [2.45, 2.75) is 26.2 Å². The lowest BCUT2D eigenvalue weighted by Gasteiger charge is -2.10. The molecular weight excluding hydrogens is 280 g/mol.